The number of thioether (sulfide) groups is 1. The molecule has 2 heterocycles. The number of carbonyl (C=O) groups is 1. The first-order valence-corrected chi connectivity index (χ1v) is 8.41. The number of imidazole rings is 1. The Morgan fingerprint density at radius 1 is 1.29 bits per heavy atom. The summed E-state index contributed by atoms with van der Waals surface area (Å²) in [7, 11) is 1.78. The van der Waals surface area contributed by atoms with E-state index in [1.54, 1.807) is 17.9 Å². The molecule has 0 fully saturated rings. The van der Waals surface area contributed by atoms with E-state index in [0.717, 1.165) is 16.5 Å². The third-order valence-electron chi connectivity index (χ3n) is 3.30. The van der Waals surface area contributed by atoms with Crippen LogP contribution in [0.2, 0.25) is 0 Å². The van der Waals surface area contributed by atoms with E-state index in [9.17, 15) is 4.79 Å². The fourth-order valence-electron chi connectivity index (χ4n) is 2.17. The maximum absolute atomic E-state index is 12.1. The third-order valence-corrected chi connectivity index (χ3v) is 4.31. The summed E-state index contributed by atoms with van der Waals surface area (Å²) in [5, 5.41) is 14.8. The normalized spacial score (nSPS) is 10.7. The van der Waals surface area contributed by atoms with Gasteiger partial charge >= 0.3 is 0 Å². The molecule has 3 rings (SSSR count). The maximum Gasteiger partial charge on any atom is 0.240 e. The Morgan fingerprint density at radius 3 is 2.88 bits per heavy atom. The molecule has 24 heavy (non-hydrogen) atoms. The van der Waals surface area contributed by atoms with Gasteiger partial charge in [-0.25, -0.2) is 9.67 Å². The van der Waals surface area contributed by atoms with E-state index in [1.807, 2.05) is 41.1 Å². The number of benzene rings is 1. The molecule has 0 unspecified atom stereocenters. The molecule has 1 N–H and O–H groups in total. The minimum absolute atomic E-state index is 0.0538. The van der Waals surface area contributed by atoms with Crippen LogP contribution in [-0.2, 0) is 18.4 Å². The Labute approximate surface area is 143 Å². The van der Waals surface area contributed by atoms with Crippen LogP contribution in [0.4, 0.5) is 0 Å². The van der Waals surface area contributed by atoms with Gasteiger partial charge in [-0.05, 0) is 10.4 Å². The first-order chi connectivity index (χ1) is 11.7. The van der Waals surface area contributed by atoms with Crippen LogP contribution in [0.15, 0.2) is 47.9 Å². The predicted octanol–water partition coefficient (Wildman–Crippen LogP) is 0.982. The van der Waals surface area contributed by atoms with Crippen LogP contribution in [0.1, 0.15) is 0 Å². The second-order valence-corrected chi connectivity index (χ2v) is 6.09. The number of nitrogens with one attached hydrogen (secondary N) is 1. The summed E-state index contributed by atoms with van der Waals surface area (Å²) in [6, 6.07) is 9.80. The Bertz CT molecular complexity index is 799. The summed E-state index contributed by atoms with van der Waals surface area (Å²) in [6.45, 7) is 0.784. The molecule has 3 aromatic rings. The van der Waals surface area contributed by atoms with Gasteiger partial charge in [-0.3, -0.25) is 4.79 Å². The zero-order chi connectivity index (χ0) is 16.8. The average molecular weight is 343 g/mol. The second kappa shape index (κ2) is 7.73. The van der Waals surface area contributed by atoms with Gasteiger partial charge in [0.1, 0.15) is 12.4 Å². The molecule has 0 aliphatic heterocycles. The van der Waals surface area contributed by atoms with E-state index in [0.29, 0.717) is 12.3 Å². The van der Waals surface area contributed by atoms with Crippen molar-refractivity contribution in [1.82, 2.24) is 35.1 Å². The van der Waals surface area contributed by atoms with Crippen molar-refractivity contribution in [1.29, 1.82) is 0 Å². The molecule has 9 heteroatoms. The van der Waals surface area contributed by atoms with Crippen LogP contribution in [-0.4, -0.2) is 48.0 Å². The van der Waals surface area contributed by atoms with Crippen LogP contribution < -0.4 is 5.32 Å². The lowest BCUT2D eigenvalue weighted by Crippen LogP contribution is -2.29. The van der Waals surface area contributed by atoms with Crippen molar-refractivity contribution in [2.24, 2.45) is 7.05 Å². The standard InChI is InChI=1S/C15H17N7OS/c1-21-15(18-19-20-21)24-10-8-16-13(23)11-22-9-7-17-14(22)12-5-3-2-4-6-12/h2-7,9H,8,10-11H2,1H3,(H,16,23). The molecular weight excluding hydrogens is 326 g/mol. The number of hydrogen-bond acceptors (Lipinski definition) is 6. The Hall–Kier alpha value is -2.68. The van der Waals surface area contributed by atoms with E-state index in [1.165, 1.54) is 11.8 Å². The quantitative estimate of drug-likeness (QED) is 0.508. The molecule has 0 aliphatic carbocycles. The van der Waals surface area contributed by atoms with Crippen molar-refractivity contribution < 1.29 is 4.79 Å². The number of amides is 1. The highest BCUT2D eigenvalue weighted by atomic mass is 32.2. The minimum Gasteiger partial charge on any atom is -0.354 e. The average Bonchev–Trinajstić information content (AvgIpc) is 3.21. The summed E-state index contributed by atoms with van der Waals surface area (Å²) < 4.78 is 3.44. The second-order valence-electron chi connectivity index (χ2n) is 5.03. The molecule has 0 atom stereocenters. The molecule has 2 aromatic heterocycles. The largest absolute Gasteiger partial charge is 0.354 e. The maximum atomic E-state index is 12.1. The van der Waals surface area contributed by atoms with Crippen molar-refractivity contribution in [2.75, 3.05) is 12.3 Å². The lowest BCUT2D eigenvalue weighted by molar-refractivity contribution is -0.121. The van der Waals surface area contributed by atoms with Crippen molar-refractivity contribution in [2.45, 2.75) is 11.7 Å². The first kappa shape index (κ1) is 16.2. The smallest absolute Gasteiger partial charge is 0.240 e. The molecule has 0 saturated heterocycles. The molecule has 8 nitrogen and oxygen atoms in total. The van der Waals surface area contributed by atoms with E-state index >= 15 is 0 Å². The molecular formula is C15H17N7OS. The number of hydrogen-bond donors (Lipinski definition) is 1. The highest BCUT2D eigenvalue weighted by Crippen LogP contribution is 2.16. The molecule has 0 aliphatic rings. The minimum atomic E-state index is -0.0538. The zero-order valence-electron chi connectivity index (χ0n) is 13.2. The number of tetrazole rings is 1. The summed E-state index contributed by atoms with van der Waals surface area (Å²) in [4.78, 5) is 16.4. The van der Waals surface area contributed by atoms with Gasteiger partial charge in [-0.2, -0.15) is 0 Å². The molecule has 0 spiro atoms. The van der Waals surface area contributed by atoms with E-state index < -0.39 is 0 Å². The van der Waals surface area contributed by atoms with Crippen LogP contribution >= 0.6 is 11.8 Å². The van der Waals surface area contributed by atoms with Crippen molar-refractivity contribution in [3.63, 3.8) is 0 Å². The number of carbonyl (C=O) groups excluding carboxylic acids is 1. The first-order valence-electron chi connectivity index (χ1n) is 7.42. The van der Waals surface area contributed by atoms with Crippen LogP contribution in [0.5, 0.6) is 0 Å². The van der Waals surface area contributed by atoms with Crippen LogP contribution in [0, 0.1) is 0 Å². The zero-order valence-corrected chi connectivity index (χ0v) is 14.0. The van der Waals surface area contributed by atoms with Crippen molar-refractivity contribution >= 4 is 17.7 Å². The lowest BCUT2D eigenvalue weighted by Gasteiger charge is -2.08. The lowest BCUT2D eigenvalue weighted by atomic mass is 10.2. The van der Waals surface area contributed by atoms with Gasteiger partial charge < -0.3 is 9.88 Å². The van der Waals surface area contributed by atoms with E-state index in [2.05, 4.69) is 25.8 Å². The summed E-state index contributed by atoms with van der Waals surface area (Å²) >= 11 is 1.50. The van der Waals surface area contributed by atoms with Crippen LogP contribution in [0.3, 0.4) is 0 Å². The predicted molar refractivity (Wildman–Crippen MR) is 90.2 cm³/mol. The van der Waals surface area contributed by atoms with Gasteiger partial charge in [-0.1, -0.05) is 42.1 Å². The number of nitrogens with zero attached hydrogens (tertiary/aromatic N) is 6. The van der Waals surface area contributed by atoms with E-state index in [4.69, 9.17) is 0 Å². The molecule has 1 amide bonds. The topological polar surface area (TPSA) is 90.5 Å². The van der Waals surface area contributed by atoms with Crippen LogP contribution in [0.25, 0.3) is 11.4 Å². The highest BCUT2D eigenvalue weighted by Gasteiger charge is 2.09. The van der Waals surface area contributed by atoms with Gasteiger partial charge in [-0.15, -0.1) is 5.10 Å². The molecule has 0 radical (unpaired) electrons. The molecule has 124 valence electrons. The monoisotopic (exact) mass is 343 g/mol. The number of rotatable bonds is 7. The van der Waals surface area contributed by atoms with Crippen molar-refractivity contribution in [3.8, 4) is 11.4 Å². The summed E-state index contributed by atoms with van der Waals surface area (Å²) in [5.74, 6) is 1.43. The number of aryl methyl sites for hydroxylation is 1. The summed E-state index contributed by atoms with van der Waals surface area (Å²) in [6.07, 6.45) is 3.51. The molecule has 1 aromatic carbocycles. The summed E-state index contributed by atoms with van der Waals surface area (Å²) in [5.41, 5.74) is 0.987. The van der Waals surface area contributed by atoms with Gasteiger partial charge in [0.2, 0.25) is 11.1 Å². The Kier molecular flexibility index (Phi) is 5.22. The fraction of sp³-hybridized carbons (Fsp3) is 0.267. The Balaban J connectivity index is 1.49. The van der Waals surface area contributed by atoms with E-state index in [-0.39, 0.29) is 12.5 Å². The molecule has 0 bridgehead atoms. The SMILES string of the molecule is Cn1nnnc1SCCNC(=O)Cn1ccnc1-c1ccccc1. The number of aromatic nitrogens is 6. The molecule has 0 saturated carbocycles. The fourth-order valence-corrected chi connectivity index (χ4v) is 2.88. The Morgan fingerprint density at radius 2 is 2.12 bits per heavy atom. The van der Waals surface area contributed by atoms with Crippen molar-refractivity contribution in [3.05, 3.63) is 42.7 Å². The van der Waals surface area contributed by atoms with Gasteiger partial charge in [0.25, 0.3) is 0 Å². The van der Waals surface area contributed by atoms with Gasteiger partial charge in [0, 0.05) is 37.3 Å². The third kappa shape index (κ3) is 3.99. The van der Waals surface area contributed by atoms with Gasteiger partial charge in [0.05, 0.1) is 0 Å². The van der Waals surface area contributed by atoms with Gasteiger partial charge in [0.15, 0.2) is 0 Å². The highest BCUT2D eigenvalue weighted by molar-refractivity contribution is 7.99.